The molecule has 7 heteroatoms. The molecule has 0 spiro atoms. The lowest BCUT2D eigenvalue weighted by Gasteiger charge is -2.23. The lowest BCUT2D eigenvalue weighted by Crippen LogP contribution is -2.31. The summed E-state index contributed by atoms with van der Waals surface area (Å²) in [6.07, 6.45) is 0.737. The molecule has 1 aliphatic heterocycles. The molecule has 2 aromatic carbocycles. The Labute approximate surface area is 131 Å². The molecule has 0 atom stereocenters. The summed E-state index contributed by atoms with van der Waals surface area (Å²) in [5, 5.41) is 16.2. The minimum absolute atomic E-state index is 0.0547. The maximum Gasteiger partial charge on any atom is 0.269 e. The molecule has 0 saturated heterocycles. The molecule has 0 N–H and O–H groups in total. The summed E-state index contributed by atoms with van der Waals surface area (Å²) in [4.78, 5) is 22.2. The van der Waals surface area contributed by atoms with Gasteiger partial charge in [0.15, 0.2) is 0 Å². The van der Waals surface area contributed by atoms with E-state index in [9.17, 15) is 19.3 Å². The van der Waals surface area contributed by atoms with Crippen LogP contribution in [-0.2, 0) is 4.79 Å². The van der Waals surface area contributed by atoms with Crippen LogP contribution in [0, 0.1) is 15.9 Å². The lowest BCUT2D eigenvalue weighted by molar-refractivity contribution is -0.384. The van der Waals surface area contributed by atoms with Gasteiger partial charge in [0, 0.05) is 25.0 Å². The van der Waals surface area contributed by atoms with Crippen LogP contribution in [0.2, 0.25) is 0 Å². The normalized spacial score (nSPS) is 14.6. The van der Waals surface area contributed by atoms with Gasteiger partial charge in [0.25, 0.3) is 5.69 Å². The van der Waals surface area contributed by atoms with E-state index in [-0.39, 0.29) is 23.8 Å². The molecule has 1 amide bonds. The predicted octanol–water partition coefficient (Wildman–Crippen LogP) is 3.27. The molecular formula is C16H12FN3O3. The number of nitro benzene ring substituents is 1. The van der Waals surface area contributed by atoms with Crippen molar-refractivity contribution in [1.29, 1.82) is 0 Å². The van der Waals surface area contributed by atoms with Gasteiger partial charge in [-0.25, -0.2) is 9.40 Å². The third-order valence-electron chi connectivity index (χ3n) is 3.52. The SMILES string of the molecule is O=C1CCC(c2ccc(F)cc2)=NN1c1ccc([N+](=O)[O-])cc1. The van der Waals surface area contributed by atoms with E-state index < -0.39 is 4.92 Å². The second-order valence-electron chi connectivity index (χ2n) is 5.03. The van der Waals surface area contributed by atoms with Crippen LogP contribution in [0.3, 0.4) is 0 Å². The van der Waals surface area contributed by atoms with Crippen molar-refractivity contribution in [2.24, 2.45) is 5.10 Å². The molecule has 0 aromatic heterocycles. The number of rotatable bonds is 3. The fourth-order valence-corrected chi connectivity index (χ4v) is 2.32. The average Bonchev–Trinajstić information content (AvgIpc) is 2.56. The summed E-state index contributed by atoms with van der Waals surface area (Å²) < 4.78 is 13.0. The third-order valence-corrected chi connectivity index (χ3v) is 3.52. The molecule has 6 nitrogen and oxygen atoms in total. The first-order chi connectivity index (χ1) is 11.0. The summed E-state index contributed by atoms with van der Waals surface area (Å²) in [5.41, 5.74) is 1.81. The number of amides is 1. The number of hydrogen-bond donors (Lipinski definition) is 0. The quantitative estimate of drug-likeness (QED) is 0.644. The molecule has 1 heterocycles. The Bertz CT molecular complexity index is 785. The van der Waals surface area contributed by atoms with Crippen molar-refractivity contribution in [3.63, 3.8) is 0 Å². The Balaban J connectivity index is 1.93. The summed E-state index contributed by atoms with van der Waals surface area (Å²) >= 11 is 0. The van der Waals surface area contributed by atoms with Crippen molar-refractivity contribution in [1.82, 2.24) is 0 Å². The average molecular weight is 313 g/mol. The molecule has 0 unspecified atom stereocenters. The smallest absolute Gasteiger partial charge is 0.269 e. The molecule has 0 aliphatic carbocycles. The van der Waals surface area contributed by atoms with Gasteiger partial charge in [0.1, 0.15) is 5.82 Å². The molecule has 0 fully saturated rings. The summed E-state index contributed by atoms with van der Waals surface area (Å²) in [5.74, 6) is -0.529. The first-order valence-electron chi connectivity index (χ1n) is 6.95. The van der Waals surface area contributed by atoms with E-state index in [0.717, 1.165) is 5.56 Å². The van der Waals surface area contributed by atoms with Crippen LogP contribution < -0.4 is 5.01 Å². The van der Waals surface area contributed by atoms with E-state index >= 15 is 0 Å². The van der Waals surface area contributed by atoms with Crippen molar-refractivity contribution in [3.05, 3.63) is 70.0 Å². The van der Waals surface area contributed by atoms with Crippen molar-refractivity contribution in [2.45, 2.75) is 12.8 Å². The van der Waals surface area contributed by atoms with Crippen molar-refractivity contribution in [3.8, 4) is 0 Å². The Kier molecular flexibility index (Phi) is 3.84. The van der Waals surface area contributed by atoms with E-state index in [0.29, 0.717) is 17.8 Å². The number of nitrogens with zero attached hydrogens (tertiary/aromatic N) is 3. The van der Waals surface area contributed by atoms with Crippen LogP contribution in [0.5, 0.6) is 0 Å². The molecule has 0 radical (unpaired) electrons. The fourth-order valence-electron chi connectivity index (χ4n) is 2.32. The van der Waals surface area contributed by atoms with Crippen LogP contribution in [0.25, 0.3) is 0 Å². The van der Waals surface area contributed by atoms with Crippen LogP contribution in [0.1, 0.15) is 18.4 Å². The highest BCUT2D eigenvalue weighted by Crippen LogP contribution is 2.24. The highest BCUT2D eigenvalue weighted by molar-refractivity contribution is 6.08. The maximum absolute atomic E-state index is 13.0. The Morgan fingerprint density at radius 1 is 1.04 bits per heavy atom. The minimum atomic E-state index is -0.505. The van der Waals surface area contributed by atoms with Crippen molar-refractivity contribution in [2.75, 3.05) is 5.01 Å². The molecule has 3 rings (SSSR count). The van der Waals surface area contributed by atoms with Gasteiger partial charge in [-0.3, -0.25) is 14.9 Å². The number of carbonyl (C=O) groups is 1. The highest BCUT2D eigenvalue weighted by atomic mass is 19.1. The van der Waals surface area contributed by atoms with Gasteiger partial charge in [0.2, 0.25) is 5.91 Å². The zero-order valence-electron chi connectivity index (χ0n) is 12.0. The van der Waals surface area contributed by atoms with E-state index in [4.69, 9.17) is 0 Å². The van der Waals surface area contributed by atoms with E-state index in [2.05, 4.69) is 5.10 Å². The lowest BCUT2D eigenvalue weighted by atomic mass is 10.0. The number of nitro groups is 1. The van der Waals surface area contributed by atoms with Crippen LogP contribution in [0.15, 0.2) is 53.6 Å². The van der Waals surface area contributed by atoms with Gasteiger partial charge in [-0.1, -0.05) is 12.1 Å². The standard InChI is InChI=1S/C16H12FN3O3/c17-12-3-1-11(2-4-12)15-9-10-16(21)19(18-15)13-5-7-14(8-6-13)20(22)23/h1-8H,9-10H2. The maximum atomic E-state index is 13.0. The summed E-state index contributed by atoms with van der Waals surface area (Å²) in [6, 6.07) is 11.5. The number of halogens is 1. The Morgan fingerprint density at radius 3 is 2.30 bits per heavy atom. The highest BCUT2D eigenvalue weighted by Gasteiger charge is 2.23. The van der Waals surface area contributed by atoms with Gasteiger partial charge in [0.05, 0.1) is 16.3 Å². The molecule has 116 valence electrons. The number of hydrazone groups is 1. The number of hydrogen-bond acceptors (Lipinski definition) is 4. The van der Waals surface area contributed by atoms with E-state index in [1.807, 2.05) is 0 Å². The molecule has 0 bridgehead atoms. The fraction of sp³-hybridized carbons (Fsp3) is 0.125. The largest absolute Gasteiger partial charge is 0.273 e. The van der Waals surface area contributed by atoms with Crippen molar-refractivity contribution >= 4 is 23.0 Å². The van der Waals surface area contributed by atoms with Crippen LogP contribution >= 0.6 is 0 Å². The predicted molar refractivity (Wildman–Crippen MR) is 82.8 cm³/mol. The Morgan fingerprint density at radius 2 is 1.70 bits per heavy atom. The number of non-ortho nitro benzene ring substituents is 1. The monoisotopic (exact) mass is 313 g/mol. The number of carbonyl (C=O) groups excluding carboxylic acids is 1. The van der Waals surface area contributed by atoms with Crippen LogP contribution in [0.4, 0.5) is 15.8 Å². The van der Waals surface area contributed by atoms with Gasteiger partial charge in [-0.15, -0.1) is 0 Å². The molecule has 1 aliphatic rings. The van der Waals surface area contributed by atoms with E-state index in [1.165, 1.54) is 41.4 Å². The topological polar surface area (TPSA) is 75.8 Å². The number of anilines is 1. The Hall–Kier alpha value is -3.09. The van der Waals surface area contributed by atoms with Gasteiger partial charge in [-0.2, -0.15) is 5.10 Å². The summed E-state index contributed by atoms with van der Waals surface area (Å²) in [7, 11) is 0. The molecule has 0 saturated carbocycles. The van der Waals surface area contributed by atoms with Crippen LogP contribution in [-0.4, -0.2) is 16.5 Å². The summed E-state index contributed by atoms with van der Waals surface area (Å²) in [6.45, 7) is 0. The second-order valence-corrected chi connectivity index (χ2v) is 5.03. The van der Waals surface area contributed by atoms with E-state index in [1.54, 1.807) is 12.1 Å². The first-order valence-corrected chi connectivity index (χ1v) is 6.95. The third kappa shape index (κ3) is 3.08. The molecule has 2 aromatic rings. The first kappa shape index (κ1) is 14.8. The zero-order chi connectivity index (χ0) is 16.4. The second kappa shape index (κ2) is 5.96. The van der Waals surface area contributed by atoms with Gasteiger partial charge in [-0.05, 0) is 29.8 Å². The van der Waals surface area contributed by atoms with Gasteiger partial charge < -0.3 is 0 Å². The molecule has 23 heavy (non-hydrogen) atoms. The minimum Gasteiger partial charge on any atom is -0.273 e. The molecular weight excluding hydrogens is 301 g/mol. The van der Waals surface area contributed by atoms with Gasteiger partial charge >= 0.3 is 0 Å². The number of benzene rings is 2. The van der Waals surface area contributed by atoms with Crippen molar-refractivity contribution < 1.29 is 14.1 Å². The zero-order valence-corrected chi connectivity index (χ0v) is 12.0.